The van der Waals surface area contributed by atoms with E-state index < -0.39 is 28.0 Å². The molecule has 1 aromatic carbocycles. The van der Waals surface area contributed by atoms with Crippen LogP contribution < -0.4 is 5.32 Å². The average molecular weight is 448 g/mol. The van der Waals surface area contributed by atoms with Crippen LogP contribution in [0, 0.1) is 6.92 Å². The SMILES string of the molecule is Cc1ccc(S(=O)(=O)N(CC2=C(F)CCC(OC(F)(F)F)=C2)C2CCNCC2)cc1. The Kier molecular flexibility index (Phi) is 6.88. The fourth-order valence-corrected chi connectivity index (χ4v) is 5.28. The summed E-state index contributed by atoms with van der Waals surface area (Å²) in [6.45, 7) is 2.68. The largest absolute Gasteiger partial charge is 0.572 e. The summed E-state index contributed by atoms with van der Waals surface area (Å²) in [5.41, 5.74) is 0.787. The van der Waals surface area contributed by atoms with Gasteiger partial charge in [0.15, 0.2) is 0 Å². The summed E-state index contributed by atoms with van der Waals surface area (Å²) in [6.07, 6.45) is -3.35. The van der Waals surface area contributed by atoms with Gasteiger partial charge < -0.3 is 10.1 Å². The maximum Gasteiger partial charge on any atom is 0.572 e. The third-order valence-corrected chi connectivity index (χ3v) is 7.10. The van der Waals surface area contributed by atoms with Crippen LogP contribution in [0.3, 0.4) is 0 Å². The molecule has 0 spiro atoms. The van der Waals surface area contributed by atoms with Gasteiger partial charge in [-0.25, -0.2) is 12.8 Å². The van der Waals surface area contributed by atoms with Gasteiger partial charge in [-0.3, -0.25) is 0 Å². The minimum absolute atomic E-state index is 0.0687. The zero-order chi connectivity index (χ0) is 21.9. The molecular weight excluding hydrogens is 424 g/mol. The zero-order valence-corrected chi connectivity index (χ0v) is 17.3. The van der Waals surface area contributed by atoms with Crippen LogP contribution in [0.5, 0.6) is 0 Å². The van der Waals surface area contributed by atoms with Gasteiger partial charge in [-0.15, -0.1) is 13.2 Å². The molecule has 5 nitrogen and oxygen atoms in total. The number of allylic oxidation sites excluding steroid dienone is 2. The Morgan fingerprint density at radius 3 is 2.37 bits per heavy atom. The Labute approximate surface area is 173 Å². The molecule has 0 saturated carbocycles. The van der Waals surface area contributed by atoms with Gasteiger partial charge in [-0.2, -0.15) is 4.31 Å². The summed E-state index contributed by atoms with van der Waals surface area (Å²) in [7, 11) is -3.98. The van der Waals surface area contributed by atoms with Crippen LogP contribution in [0.25, 0.3) is 0 Å². The highest BCUT2D eigenvalue weighted by Crippen LogP contribution is 2.33. The summed E-state index contributed by atoms with van der Waals surface area (Å²) in [5.74, 6) is -1.04. The number of halogens is 4. The van der Waals surface area contributed by atoms with E-state index in [-0.39, 0.29) is 35.9 Å². The number of nitrogens with one attached hydrogen (secondary N) is 1. The first-order valence-electron chi connectivity index (χ1n) is 9.69. The van der Waals surface area contributed by atoms with Crippen LogP contribution in [-0.4, -0.2) is 44.8 Å². The highest BCUT2D eigenvalue weighted by molar-refractivity contribution is 7.89. The predicted octanol–water partition coefficient (Wildman–Crippen LogP) is 4.18. The second kappa shape index (κ2) is 9.07. The number of alkyl halides is 3. The van der Waals surface area contributed by atoms with Gasteiger partial charge in [-0.1, -0.05) is 17.7 Å². The molecule has 0 aromatic heterocycles. The Morgan fingerprint density at radius 2 is 1.77 bits per heavy atom. The maximum absolute atomic E-state index is 14.5. The number of rotatable bonds is 6. The van der Waals surface area contributed by atoms with Crippen molar-refractivity contribution in [3.8, 4) is 0 Å². The van der Waals surface area contributed by atoms with Crippen molar-refractivity contribution in [3.63, 3.8) is 0 Å². The second-order valence-electron chi connectivity index (χ2n) is 7.43. The zero-order valence-electron chi connectivity index (χ0n) is 16.5. The third kappa shape index (κ3) is 5.61. The molecule has 1 saturated heterocycles. The van der Waals surface area contributed by atoms with Crippen molar-refractivity contribution < 1.29 is 30.7 Å². The summed E-state index contributed by atoms with van der Waals surface area (Å²) in [6, 6.07) is 5.92. The lowest BCUT2D eigenvalue weighted by molar-refractivity contribution is -0.306. The number of nitrogens with zero attached hydrogens (tertiary/aromatic N) is 1. The molecule has 0 bridgehead atoms. The lowest BCUT2D eigenvalue weighted by Crippen LogP contribution is -2.47. The van der Waals surface area contributed by atoms with E-state index in [1.165, 1.54) is 16.4 Å². The van der Waals surface area contributed by atoms with E-state index in [9.17, 15) is 26.0 Å². The topological polar surface area (TPSA) is 58.6 Å². The number of sulfonamides is 1. The van der Waals surface area contributed by atoms with Crippen LogP contribution >= 0.6 is 0 Å². The standard InChI is InChI=1S/C20H24F4N2O3S/c1-14-2-5-18(6-3-14)30(27,28)26(16-8-10-25-11-9-16)13-15-12-17(4-7-19(15)21)29-20(22,23)24/h2-3,5-6,12,16,25H,4,7-11,13H2,1H3. The van der Waals surface area contributed by atoms with E-state index in [1.54, 1.807) is 12.1 Å². The molecule has 166 valence electrons. The van der Waals surface area contributed by atoms with E-state index in [0.717, 1.165) is 11.6 Å². The predicted molar refractivity (Wildman–Crippen MR) is 104 cm³/mol. The monoisotopic (exact) mass is 448 g/mol. The molecule has 2 aliphatic rings. The minimum atomic E-state index is -4.88. The van der Waals surface area contributed by atoms with E-state index in [1.807, 2.05) is 6.92 Å². The second-order valence-corrected chi connectivity index (χ2v) is 9.32. The lowest BCUT2D eigenvalue weighted by atomic mass is 10.0. The van der Waals surface area contributed by atoms with Gasteiger partial charge in [0.1, 0.15) is 11.6 Å². The van der Waals surface area contributed by atoms with Crippen LogP contribution in [-0.2, 0) is 14.8 Å². The third-order valence-electron chi connectivity index (χ3n) is 5.19. The fraction of sp³-hybridized carbons (Fsp3) is 0.500. The van der Waals surface area contributed by atoms with Gasteiger partial charge in [0.2, 0.25) is 10.0 Å². The highest BCUT2D eigenvalue weighted by Gasteiger charge is 2.36. The number of ether oxygens (including phenoxy) is 1. The van der Waals surface area contributed by atoms with Gasteiger partial charge in [0.05, 0.1) is 4.90 Å². The number of piperidine rings is 1. The van der Waals surface area contributed by atoms with E-state index in [4.69, 9.17) is 0 Å². The summed E-state index contributed by atoms with van der Waals surface area (Å²) < 4.78 is 84.1. The molecule has 1 aromatic rings. The van der Waals surface area contributed by atoms with Crippen molar-refractivity contribution in [1.82, 2.24) is 9.62 Å². The smallest absolute Gasteiger partial charge is 0.410 e. The van der Waals surface area contributed by atoms with E-state index in [0.29, 0.717) is 25.9 Å². The van der Waals surface area contributed by atoms with E-state index in [2.05, 4.69) is 10.1 Å². The fourth-order valence-electron chi connectivity index (χ4n) is 3.62. The number of benzene rings is 1. The average Bonchev–Trinajstić information content (AvgIpc) is 2.68. The van der Waals surface area contributed by atoms with Gasteiger partial charge in [0.25, 0.3) is 0 Å². The van der Waals surface area contributed by atoms with Crippen LogP contribution in [0.1, 0.15) is 31.2 Å². The summed E-state index contributed by atoms with van der Waals surface area (Å²) in [5, 5.41) is 3.15. The quantitative estimate of drug-likeness (QED) is 0.664. The molecule has 0 amide bonds. The number of hydrogen-bond acceptors (Lipinski definition) is 4. The van der Waals surface area contributed by atoms with Crippen molar-refractivity contribution in [2.45, 2.75) is 49.9 Å². The van der Waals surface area contributed by atoms with Crippen LogP contribution in [0.15, 0.2) is 52.4 Å². The summed E-state index contributed by atoms with van der Waals surface area (Å²) in [4.78, 5) is 0.0687. The maximum atomic E-state index is 14.5. The molecule has 1 N–H and O–H groups in total. The Balaban J connectivity index is 1.94. The van der Waals surface area contributed by atoms with Crippen molar-refractivity contribution in [2.75, 3.05) is 19.6 Å². The Bertz CT molecular complexity index is 918. The molecule has 0 atom stereocenters. The first-order valence-corrected chi connectivity index (χ1v) is 11.1. The molecule has 0 unspecified atom stereocenters. The highest BCUT2D eigenvalue weighted by atomic mass is 32.2. The van der Waals surface area contributed by atoms with Crippen LogP contribution in [0.4, 0.5) is 17.6 Å². The molecule has 10 heteroatoms. The van der Waals surface area contributed by atoms with Gasteiger partial charge in [0, 0.05) is 31.0 Å². The molecule has 0 radical (unpaired) electrons. The van der Waals surface area contributed by atoms with Crippen molar-refractivity contribution in [1.29, 1.82) is 0 Å². The molecule has 1 aliphatic carbocycles. The first-order chi connectivity index (χ1) is 14.1. The lowest BCUT2D eigenvalue weighted by Gasteiger charge is -2.34. The Morgan fingerprint density at radius 1 is 1.13 bits per heavy atom. The van der Waals surface area contributed by atoms with E-state index >= 15 is 0 Å². The van der Waals surface area contributed by atoms with Gasteiger partial charge >= 0.3 is 6.36 Å². The minimum Gasteiger partial charge on any atom is -0.410 e. The molecule has 1 aliphatic heterocycles. The van der Waals surface area contributed by atoms with Crippen molar-refractivity contribution in [3.05, 3.63) is 53.1 Å². The molecule has 1 fully saturated rings. The number of aryl methyl sites for hydroxylation is 1. The molecule has 3 rings (SSSR count). The van der Waals surface area contributed by atoms with Crippen molar-refractivity contribution in [2.24, 2.45) is 0 Å². The summed E-state index contributed by atoms with van der Waals surface area (Å²) >= 11 is 0. The van der Waals surface area contributed by atoms with Gasteiger partial charge in [-0.05, 0) is 51.1 Å². The molecular formula is C20H24F4N2O3S. The first kappa shape index (κ1) is 22.8. The normalized spacial score (nSPS) is 19.2. The number of hydrogen-bond donors (Lipinski definition) is 1. The Hall–Kier alpha value is -1.91. The van der Waals surface area contributed by atoms with Crippen LogP contribution in [0.2, 0.25) is 0 Å². The molecule has 1 heterocycles. The molecule has 30 heavy (non-hydrogen) atoms. The van der Waals surface area contributed by atoms with Crippen molar-refractivity contribution >= 4 is 10.0 Å².